The highest BCUT2D eigenvalue weighted by Crippen LogP contribution is 2.22. The second kappa shape index (κ2) is 27.6. The number of aliphatic hydroxyl groups excluding tert-OH is 6. The van der Waals surface area contributed by atoms with Gasteiger partial charge < -0.3 is 45.4 Å². The molecular weight excluding hydrogens is 590 g/mol. The molecule has 0 aromatic carbocycles. The van der Waals surface area contributed by atoms with Crippen molar-refractivity contribution in [1.82, 2.24) is 5.32 Å². The van der Waals surface area contributed by atoms with Crippen LogP contribution in [0.1, 0.15) is 136 Å². The Labute approximate surface area is 278 Å². The predicted molar refractivity (Wildman–Crippen MR) is 181 cm³/mol. The molecule has 270 valence electrons. The monoisotopic (exact) mass is 657 g/mol. The number of nitrogens with one attached hydrogen (secondary N) is 1. The Hall–Kier alpha value is -1.37. The van der Waals surface area contributed by atoms with Crippen molar-refractivity contribution >= 4 is 5.91 Å². The number of unbranched alkanes of at least 4 members (excludes halogenated alkanes) is 15. The first-order chi connectivity index (χ1) is 22.3. The van der Waals surface area contributed by atoms with Crippen molar-refractivity contribution in [3.63, 3.8) is 0 Å². The quantitative estimate of drug-likeness (QED) is 0.0471. The summed E-state index contributed by atoms with van der Waals surface area (Å²) in [5, 5.41) is 64.0. The van der Waals surface area contributed by atoms with Gasteiger partial charge in [-0.3, -0.25) is 4.79 Å². The molecule has 7 N–H and O–H groups in total. The second-order valence-corrected chi connectivity index (χ2v) is 12.8. The molecule has 0 aromatic rings. The van der Waals surface area contributed by atoms with Crippen LogP contribution in [0.4, 0.5) is 0 Å². The van der Waals surface area contributed by atoms with Crippen molar-refractivity contribution in [3.05, 3.63) is 24.3 Å². The second-order valence-electron chi connectivity index (χ2n) is 12.8. The lowest BCUT2D eigenvalue weighted by atomic mass is 9.99. The highest BCUT2D eigenvalue weighted by atomic mass is 16.7. The molecule has 0 radical (unpaired) electrons. The Bertz CT molecular complexity index is 793. The van der Waals surface area contributed by atoms with Crippen molar-refractivity contribution in [2.45, 2.75) is 185 Å². The SMILES string of the molecule is CCCCCCCCC/C=C/CC/C=C/C(O)C(COC1OC(CO)C(O)C(O)C1O)NC(=O)C(O)CCCCCCCCCC. The van der Waals surface area contributed by atoms with Crippen LogP contribution in [0.2, 0.25) is 0 Å². The van der Waals surface area contributed by atoms with Gasteiger partial charge in [0.25, 0.3) is 0 Å². The smallest absolute Gasteiger partial charge is 0.249 e. The van der Waals surface area contributed by atoms with Crippen molar-refractivity contribution in [2.75, 3.05) is 13.2 Å². The number of ether oxygens (including phenoxy) is 2. The molecule has 10 nitrogen and oxygen atoms in total. The lowest BCUT2D eigenvalue weighted by Gasteiger charge is -2.40. The van der Waals surface area contributed by atoms with Crippen molar-refractivity contribution in [1.29, 1.82) is 0 Å². The van der Waals surface area contributed by atoms with Gasteiger partial charge in [0.2, 0.25) is 5.91 Å². The van der Waals surface area contributed by atoms with Crippen LogP contribution >= 0.6 is 0 Å². The number of carbonyl (C=O) groups excluding carboxylic acids is 1. The predicted octanol–water partition coefficient (Wildman–Crippen LogP) is 4.57. The van der Waals surface area contributed by atoms with E-state index in [-0.39, 0.29) is 6.61 Å². The first-order valence-electron chi connectivity index (χ1n) is 18.2. The van der Waals surface area contributed by atoms with E-state index in [0.717, 1.165) is 32.1 Å². The van der Waals surface area contributed by atoms with E-state index < -0.39 is 61.5 Å². The van der Waals surface area contributed by atoms with E-state index in [2.05, 4.69) is 31.3 Å². The van der Waals surface area contributed by atoms with Crippen LogP contribution in [-0.4, -0.2) is 98.7 Å². The molecule has 1 aliphatic heterocycles. The minimum absolute atomic E-state index is 0.304. The van der Waals surface area contributed by atoms with Crippen LogP contribution in [0.3, 0.4) is 0 Å². The molecule has 1 amide bonds. The Morgan fingerprint density at radius 2 is 1.28 bits per heavy atom. The standard InChI is InChI=1S/C36H67NO9/c1-3-5-7-9-11-13-14-15-16-17-19-20-22-24-29(39)28(27-45-36-34(43)33(42)32(41)31(26-38)46-36)37-35(44)30(40)25-23-21-18-12-10-8-6-4-2/h16-17,22,24,28-34,36,38-43H,3-15,18-21,23,25-27H2,1-2H3,(H,37,44)/b17-16+,24-22+. The molecule has 0 saturated carbocycles. The maximum atomic E-state index is 12.8. The molecule has 10 heteroatoms. The minimum Gasteiger partial charge on any atom is -0.394 e. The maximum Gasteiger partial charge on any atom is 0.249 e. The molecule has 8 atom stereocenters. The minimum atomic E-state index is -1.61. The van der Waals surface area contributed by atoms with Crippen LogP contribution in [0.25, 0.3) is 0 Å². The van der Waals surface area contributed by atoms with Gasteiger partial charge in [0.1, 0.15) is 30.5 Å². The van der Waals surface area contributed by atoms with E-state index >= 15 is 0 Å². The average molecular weight is 658 g/mol. The number of hydrogen-bond donors (Lipinski definition) is 7. The van der Waals surface area contributed by atoms with Gasteiger partial charge in [-0.2, -0.15) is 0 Å². The van der Waals surface area contributed by atoms with E-state index in [0.29, 0.717) is 19.3 Å². The number of allylic oxidation sites excluding steroid dienone is 3. The summed E-state index contributed by atoms with van der Waals surface area (Å²) in [5.74, 6) is -0.633. The van der Waals surface area contributed by atoms with E-state index in [9.17, 15) is 35.4 Å². The van der Waals surface area contributed by atoms with Crippen molar-refractivity contribution in [2.24, 2.45) is 0 Å². The van der Waals surface area contributed by atoms with E-state index in [1.54, 1.807) is 6.08 Å². The normalized spacial score (nSPS) is 24.0. The average Bonchev–Trinajstić information content (AvgIpc) is 3.05. The van der Waals surface area contributed by atoms with Crippen LogP contribution < -0.4 is 5.32 Å². The van der Waals surface area contributed by atoms with Gasteiger partial charge >= 0.3 is 0 Å². The Morgan fingerprint density at radius 3 is 1.89 bits per heavy atom. The highest BCUT2D eigenvalue weighted by molar-refractivity contribution is 5.80. The van der Waals surface area contributed by atoms with Crippen LogP contribution in [-0.2, 0) is 14.3 Å². The molecule has 1 heterocycles. The number of amides is 1. The molecule has 0 aromatic heterocycles. The van der Waals surface area contributed by atoms with Gasteiger partial charge in [-0.25, -0.2) is 0 Å². The fraction of sp³-hybridized carbons (Fsp3) is 0.861. The zero-order chi connectivity index (χ0) is 34.0. The third kappa shape index (κ3) is 18.8. The molecule has 1 aliphatic rings. The zero-order valence-corrected chi connectivity index (χ0v) is 28.7. The lowest BCUT2D eigenvalue weighted by molar-refractivity contribution is -0.302. The maximum absolute atomic E-state index is 12.8. The fourth-order valence-electron chi connectivity index (χ4n) is 5.53. The van der Waals surface area contributed by atoms with Crippen LogP contribution in [0, 0.1) is 0 Å². The molecule has 0 bridgehead atoms. The molecule has 1 fully saturated rings. The Kier molecular flexibility index (Phi) is 25.6. The van der Waals surface area contributed by atoms with E-state index in [1.165, 1.54) is 70.6 Å². The molecule has 1 rings (SSSR count). The van der Waals surface area contributed by atoms with Gasteiger partial charge in [-0.15, -0.1) is 0 Å². The molecule has 8 unspecified atom stereocenters. The molecular formula is C36H67NO9. The topological polar surface area (TPSA) is 169 Å². The summed E-state index contributed by atoms with van der Waals surface area (Å²) < 4.78 is 11.0. The molecule has 1 saturated heterocycles. The summed E-state index contributed by atoms with van der Waals surface area (Å²) in [7, 11) is 0. The van der Waals surface area contributed by atoms with Crippen LogP contribution in [0.15, 0.2) is 24.3 Å². The van der Waals surface area contributed by atoms with E-state index in [4.69, 9.17) is 9.47 Å². The number of hydrogen-bond acceptors (Lipinski definition) is 9. The summed E-state index contributed by atoms with van der Waals surface area (Å²) in [5.41, 5.74) is 0. The van der Waals surface area contributed by atoms with Gasteiger partial charge in [-0.1, -0.05) is 128 Å². The Morgan fingerprint density at radius 1 is 0.739 bits per heavy atom. The lowest BCUT2D eigenvalue weighted by Crippen LogP contribution is -2.60. The summed E-state index contributed by atoms with van der Waals surface area (Å²) in [6.45, 7) is 3.49. The third-order valence-corrected chi connectivity index (χ3v) is 8.64. The number of carbonyl (C=O) groups is 1. The summed E-state index contributed by atoms with van der Waals surface area (Å²) in [4.78, 5) is 12.8. The van der Waals surface area contributed by atoms with Gasteiger partial charge in [0.05, 0.1) is 25.4 Å². The zero-order valence-electron chi connectivity index (χ0n) is 28.7. The van der Waals surface area contributed by atoms with Gasteiger partial charge in [-0.05, 0) is 32.1 Å². The number of aliphatic hydroxyl groups is 6. The van der Waals surface area contributed by atoms with Gasteiger partial charge in [0.15, 0.2) is 6.29 Å². The Balaban J connectivity index is 2.60. The molecule has 46 heavy (non-hydrogen) atoms. The van der Waals surface area contributed by atoms with Gasteiger partial charge in [0, 0.05) is 0 Å². The van der Waals surface area contributed by atoms with E-state index in [1.807, 2.05) is 6.08 Å². The number of rotatable bonds is 28. The fourth-order valence-corrected chi connectivity index (χ4v) is 5.53. The van der Waals surface area contributed by atoms with Crippen molar-refractivity contribution < 1.29 is 44.9 Å². The largest absolute Gasteiger partial charge is 0.394 e. The molecule has 0 spiro atoms. The first kappa shape index (κ1) is 42.7. The summed E-state index contributed by atoms with van der Waals surface area (Å²) in [6, 6.07) is -0.989. The summed E-state index contributed by atoms with van der Waals surface area (Å²) in [6.07, 6.45) is 18.6. The summed E-state index contributed by atoms with van der Waals surface area (Å²) >= 11 is 0. The van der Waals surface area contributed by atoms with Crippen molar-refractivity contribution in [3.8, 4) is 0 Å². The third-order valence-electron chi connectivity index (χ3n) is 8.64. The highest BCUT2D eigenvalue weighted by Gasteiger charge is 2.44. The molecule has 0 aliphatic carbocycles. The van der Waals surface area contributed by atoms with Crippen LogP contribution in [0.5, 0.6) is 0 Å². The first-order valence-corrected chi connectivity index (χ1v) is 18.2.